The quantitative estimate of drug-likeness (QED) is 0.648. The first-order valence-electron chi connectivity index (χ1n) is 3.47. The molecule has 1 aromatic rings. The number of anilines is 1. The number of aldehydes is 1. The third kappa shape index (κ3) is 2.37. The van der Waals surface area contributed by atoms with Crippen molar-refractivity contribution < 1.29 is 4.79 Å². The van der Waals surface area contributed by atoms with Gasteiger partial charge in [0.05, 0.1) is 11.9 Å². The molecular weight excluding hydrogens is 140 g/mol. The lowest BCUT2D eigenvalue weighted by atomic mass is 10.2. The van der Waals surface area contributed by atoms with Gasteiger partial charge in [0.2, 0.25) is 0 Å². The SMILES string of the molecule is Nc1ccc(CCC=O)nc1. The van der Waals surface area contributed by atoms with E-state index in [0.717, 1.165) is 12.0 Å². The van der Waals surface area contributed by atoms with Gasteiger partial charge >= 0.3 is 0 Å². The van der Waals surface area contributed by atoms with Gasteiger partial charge in [-0.25, -0.2) is 0 Å². The molecule has 0 bridgehead atoms. The molecule has 2 N–H and O–H groups in total. The zero-order valence-corrected chi connectivity index (χ0v) is 6.16. The molecule has 0 radical (unpaired) electrons. The molecule has 0 saturated heterocycles. The lowest BCUT2D eigenvalue weighted by Gasteiger charge is -1.95. The summed E-state index contributed by atoms with van der Waals surface area (Å²) >= 11 is 0. The molecule has 0 unspecified atom stereocenters. The Bertz CT molecular complexity index is 230. The molecule has 0 spiro atoms. The Morgan fingerprint density at radius 3 is 2.91 bits per heavy atom. The number of carbonyl (C=O) groups is 1. The van der Waals surface area contributed by atoms with Gasteiger partial charge in [-0.15, -0.1) is 0 Å². The molecule has 0 aliphatic rings. The summed E-state index contributed by atoms with van der Waals surface area (Å²) < 4.78 is 0. The number of nitrogens with zero attached hydrogens (tertiary/aromatic N) is 1. The van der Waals surface area contributed by atoms with Gasteiger partial charge in [0.15, 0.2) is 0 Å². The van der Waals surface area contributed by atoms with E-state index >= 15 is 0 Å². The number of aromatic nitrogens is 1. The van der Waals surface area contributed by atoms with Gasteiger partial charge in [-0.05, 0) is 18.6 Å². The predicted molar refractivity (Wildman–Crippen MR) is 43.0 cm³/mol. The minimum absolute atomic E-state index is 0.525. The van der Waals surface area contributed by atoms with Crippen LogP contribution in [0.1, 0.15) is 12.1 Å². The van der Waals surface area contributed by atoms with Crippen LogP contribution in [0.2, 0.25) is 0 Å². The second kappa shape index (κ2) is 3.71. The average Bonchev–Trinajstić information content (AvgIpc) is 2.04. The molecule has 0 amide bonds. The molecule has 1 heterocycles. The van der Waals surface area contributed by atoms with Gasteiger partial charge in [-0.3, -0.25) is 4.98 Å². The summed E-state index contributed by atoms with van der Waals surface area (Å²) in [4.78, 5) is 14.0. The molecular formula is C8H10N2O. The van der Waals surface area contributed by atoms with Crippen molar-refractivity contribution >= 4 is 12.0 Å². The number of rotatable bonds is 3. The van der Waals surface area contributed by atoms with E-state index in [1.807, 2.05) is 6.07 Å². The summed E-state index contributed by atoms with van der Waals surface area (Å²) in [6.07, 6.45) is 3.71. The number of nitrogen functional groups attached to an aromatic ring is 1. The summed E-state index contributed by atoms with van der Waals surface area (Å²) in [5, 5.41) is 0. The second-order valence-corrected chi connectivity index (χ2v) is 2.29. The molecule has 1 aromatic heterocycles. The van der Waals surface area contributed by atoms with Crippen molar-refractivity contribution in [1.82, 2.24) is 4.98 Å². The van der Waals surface area contributed by atoms with Crippen LogP contribution in [-0.4, -0.2) is 11.3 Å². The number of hydrogen-bond acceptors (Lipinski definition) is 3. The third-order valence-electron chi connectivity index (χ3n) is 1.37. The summed E-state index contributed by atoms with van der Waals surface area (Å²) in [6.45, 7) is 0. The highest BCUT2D eigenvalue weighted by Crippen LogP contribution is 2.02. The maximum Gasteiger partial charge on any atom is 0.120 e. The number of pyridine rings is 1. The molecule has 0 atom stereocenters. The first-order chi connectivity index (χ1) is 5.33. The van der Waals surface area contributed by atoms with Gasteiger partial charge < -0.3 is 10.5 Å². The van der Waals surface area contributed by atoms with E-state index in [0.29, 0.717) is 18.5 Å². The van der Waals surface area contributed by atoms with E-state index in [1.165, 1.54) is 0 Å². The lowest BCUT2D eigenvalue weighted by Crippen LogP contribution is -1.92. The predicted octanol–water partition coefficient (Wildman–Crippen LogP) is 0.795. The van der Waals surface area contributed by atoms with Crippen LogP contribution in [0.25, 0.3) is 0 Å². The molecule has 3 nitrogen and oxygen atoms in total. The normalized spacial score (nSPS) is 9.45. The number of aryl methyl sites for hydroxylation is 1. The maximum atomic E-state index is 9.99. The van der Waals surface area contributed by atoms with Crippen LogP contribution in [0.15, 0.2) is 18.3 Å². The van der Waals surface area contributed by atoms with Gasteiger partial charge in [0.1, 0.15) is 6.29 Å². The van der Waals surface area contributed by atoms with Gasteiger partial charge in [0, 0.05) is 12.1 Å². The van der Waals surface area contributed by atoms with Crippen molar-refractivity contribution in [2.75, 3.05) is 5.73 Å². The Balaban J connectivity index is 2.58. The molecule has 3 heteroatoms. The minimum Gasteiger partial charge on any atom is -0.397 e. The van der Waals surface area contributed by atoms with Crippen molar-refractivity contribution in [2.24, 2.45) is 0 Å². The highest BCUT2D eigenvalue weighted by Gasteiger charge is 1.92. The standard InChI is InChI=1S/C8H10N2O/c9-7-3-4-8(10-6-7)2-1-5-11/h3-6H,1-2,9H2. The molecule has 0 fully saturated rings. The zero-order chi connectivity index (χ0) is 8.10. The number of nitrogens with two attached hydrogens (primary N) is 1. The Hall–Kier alpha value is -1.38. The van der Waals surface area contributed by atoms with Crippen LogP contribution in [0, 0.1) is 0 Å². The Kier molecular flexibility index (Phi) is 2.60. The topological polar surface area (TPSA) is 56.0 Å². The highest BCUT2D eigenvalue weighted by atomic mass is 16.1. The first kappa shape index (κ1) is 7.72. The van der Waals surface area contributed by atoms with Crippen molar-refractivity contribution in [2.45, 2.75) is 12.8 Å². The largest absolute Gasteiger partial charge is 0.397 e. The van der Waals surface area contributed by atoms with Crippen molar-refractivity contribution in [3.63, 3.8) is 0 Å². The molecule has 0 aromatic carbocycles. The molecule has 0 aliphatic heterocycles. The summed E-state index contributed by atoms with van der Waals surface area (Å²) in [5.41, 5.74) is 6.98. The number of carbonyl (C=O) groups excluding carboxylic acids is 1. The van der Waals surface area contributed by atoms with E-state index in [1.54, 1.807) is 12.3 Å². The maximum absolute atomic E-state index is 9.99. The lowest BCUT2D eigenvalue weighted by molar-refractivity contribution is -0.107. The molecule has 11 heavy (non-hydrogen) atoms. The van der Waals surface area contributed by atoms with E-state index in [9.17, 15) is 4.79 Å². The van der Waals surface area contributed by atoms with Crippen molar-refractivity contribution in [3.8, 4) is 0 Å². The van der Waals surface area contributed by atoms with Crippen molar-refractivity contribution in [3.05, 3.63) is 24.0 Å². The fourth-order valence-electron chi connectivity index (χ4n) is 0.791. The number of hydrogen-bond donors (Lipinski definition) is 1. The van der Waals surface area contributed by atoms with Crippen molar-refractivity contribution in [1.29, 1.82) is 0 Å². The minimum atomic E-state index is 0.525. The monoisotopic (exact) mass is 150 g/mol. The van der Waals surface area contributed by atoms with Crippen LogP contribution < -0.4 is 5.73 Å². The average molecular weight is 150 g/mol. The van der Waals surface area contributed by atoms with E-state index < -0.39 is 0 Å². The first-order valence-corrected chi connectivity index (χ1v) is 3.47. The summed E-state index contributed by atoms with van der Waals surface area (Å²) in [6, 6.07) is 3.62. The van der Waals surface area contributed by atoms with Crippen LogP contribution in [0.4, 0.5) is 5.69 Å². The zero-order valence-electron chi connectivity index (χ0n) is 6.16. The highest BCUT2D eigenvalue weighted by molar-refractivity contribution is 5.49. The molecule has 1 rings (SSSR count). The summed E-state index contributed by atoms with van der Waals surface area (Å²) in [7, 11) is 0. The molecule has 0 aliphatic carbocycles. The fraction of sp³-hybridized carbons (Fsp3) is 0.250. The third-order valence-corrected chi connectivity index (χ3v) is 1.37. The molecule has 0 saturated carbocycles. The fourth-order valence-corrected chi connectivity index (χ4v) is 0.791. The van der Waals surface area contributed by atoms with E-state index in [4.69, 9.17) is 5.73 Å². The van der Waals surface area contributed by atoms with Crippen LogP contribution in [0.3, 0.4) is 0 Å². The van der Waals surface area contributed by atoms with Crippen LogP contribution in [0.5, 0.6) is 0 Å². The smallest absolute Gasteiger partial charge is 0.120 e. The van der Waals surface area contributed by atoms with Gasteiger partial charge in [-0.2, -0.15) is 0 Å². The van der Waals surface area contributed by atoms with E-state index in [-0.39, 0.29) is 0 Å². The Morgan fingerprint density at radius 1 is 1.55 bits per heavy atom. The van der Waals surface area contributed by atoms with E-state index in [2.05, 4.69) is 4.98 Å². The second-order valence-electron chi connectivity index (χ2n) is 2.29. The van der Waals surface area contributed by atoms with Crippen LogP contribution >= 0.6 is 0 Å². The van der Waals surface area contributed by atoms with Gasteiger partial charge in [-0.1, -0.05) is 0 Å². The van der Waals surface area contributed by atoms with Crippen LogP contribution in [-0.2, 0) is 11.2 Å². The summed E-state index contributed by atoms with van der Waals surface area (Å²) in [5.74, 6) is 0. The Labute approximate surface area is 65.2 Å². The van der Waals surface area contributed by atoms with Gasteiger partial charge in [0.25, 0.3) is 0 Å². The Morgan fingerprint density at radius 2 is 2.36 bits per heavy atom. The molecule has 58 valence electrons.